The normalized spacial score (nSPS) is 21.6. The first kappa shape index (κ1) is 16.7. The second-order valence-electron chi connectivity index (χ2n) is 5.79. The molecule has 0 aliphatic heterocycles. The van der Waals surface area contributed by atoms with E-state index >= 15 is 0 Å². The summed E-state index contributed by atoms with van der Waals surface area (Å²) < 4.78 is 26.4. The van der Waals surface area contributed by atoms with Gasteiger partial charge >= 0.3 is 0 Å². The molecule has 0 aromatic heterocycles. The van der Waals surface area contributed by atoms with E-state index in [1.165, 1.54) is 0 Å². The van der Waals surface area contributed by atoms with Crippen LogP contribution in [0.4, 0.5) is 8.78 Å². The Morgan fingerprint density at radius 3 is 2.68 bits per heavy atom. The summed E-state index contributed by atoms with van der Waals surface area (Å²) in [6.45, 7) is 0.318. The Morgan fingerprint density at radius 1 is 1.27 bits per heavy atom. The Morgan fingerprint density at radius 2 is 2.00 bits per heavy atom. The third kappa shape index (κ3) is 4.16. The molecule has 1 aromatic carbocycles. The molecule has 0 heterocycles. The summed E-state index contributed by atoms with van der Waals surface area (Å²) >= 11 is 0. The lowest BCUT2D eigenvalue weighted by Gasteiger charge is -2.27. The molecule has 1 amide bonds. The lowest BCUT2D eigenvalue weighted by Crippen LogP contribution is -2.28. The summed E-state index contributed by atoms with van der Waals surface area (Å²) in [4.78, 5) is 11.8. The van der Waals surface area contributed by atoms with Gasteiger partial charge in [0.25, 0.3) is 5.91 Å². The second kappa shape index (κ2) is 7.54. The third-order valence-corrected chi connectivity index (χ3v) is 4.17. The molecule has 1 aromatic rings. The maximum absolute atomic E-state index is 13.5. The van der Waals surface area contributed by atoms with E-state index in [0.717, 1.165) is 32.1 Å². The number of carbonyl (C=O) groups excluding carboxylic acids is 1. The first-order valence-corrected chi connectivity index (χ1v) is 7.63. The van der Waals surface area contributed by atoms with E-state index in [2.05, 4.69) is 5.32 Å². The monoisotopic (exact) mass is 313 g/mol. The topological polar surface area (TPSA) is 69.6 Å². The average Bonchev–Trinajstić information content (AvgIpc) is 2.44. The van der Waals surface area contributed by atoms with Gasteiger partial charge < -0.3 is 15.5 Å². The first-order valence-electron chi connectivity index (χ1n) is 7.63. The minimum Gasteiger partial charge on any atom is -0.507 e. The van der Waals surface area contributed by atoms with Gasteiger partial charge in [0.15, 0.2) is 0 Å². The number of carbonyl (C=O) groups is 1. The van der Waals surface area contributed by atoms with Crippen molar-refractivity contribution in [2.24, 2.45) is 5.92 Å². The largest absolute Gasteiger partial charge is 0.507 e. The lowest BCUT2D eigenvalue weighted by molar-refractivity contribution is 0.0641. The fraction of sp³-hybridized carbons (Fsp3) is 0.562. The Kier molecular flexibility index (Phi) is 5.71. The fourth-order valence-corrected chi connectivity index (χ4v) is 2.96. The molecule has 1 fully saturated rings. The van der Waals surface area contributed by atoms with E-state index in [4.69, 9.17) is 0 Å². The molecule has 122 valence electrons. The van der Waals surface area contributed by atoms with Crippen LogP contribution in [0.5, 0.6) is 5.75 Å². The highest BCUT2D eigenvalue weighted by atomic mass is 19.1. The van der Waals surface area contributed by atoms with Crippen LogP contribution in [0.2, 0.25) is 0 Å². The lowest BCUT2D eigenvalue weighted by atomic mass is 9.83. The summed E-state index contributed by atoms with van der Waals surface area (Å²) in [6, 6.07) is 1.27. The minimum absolute atomic E-state index is 0.251. The molecule has 3 N–H and O–H groups in total. The summed E-state index contributed by atoms with van der Waals surface area (Å²) in [7, 11) is 0. The van der Waals surface area contributed by atoms with Gasteiger partial charge in [-0.05, 0) is 31.6 Å². The van der Waals surface area contributed by atoms with E-state index in [1.54, 1.807) is 0 Å². The summed E-state index contributed by atoms with van der Waals surface area (Å²) in [5.41, 5.74) is -0.542. The SMILES string of the molecule is O=C(NCCCC1CCCCC1O)c1c(O)cc(F)cc1F. The van der Waals surface area contributed by atoms with E-state index in [9.17, 15) is 23.8 Å². The molecule has 1 aliphatic rings. The first-order chi connectivity index (χ1) is 10.5. The molecular formula is C16H21F2NO3. The molecule has 1 aliphatic carbocycles. The van der Waals surface area contributed by atoms with Crippen LogP contribution < -0.4 is 5.32 Å². The van der Waals surface area contributed by atoms with Crippen LogP contribution >= 0.6 is 0 Å². The predicted molar refractivity (Wildman–Crippen MR) is 77.6 cm³/mol. The predicted octanol–water partition coefficient (Wildman–Crippen LogP) is 2.73. The number of rotatable bonds is 5. The molecule has 6 heteroatoms. The molecule has 0 saturated heterocycles. The van der Waals surface area contributed by atoms with Gasteiger partial charge in [0.05, 0.1) is 6.10 Å². The molecule has 4 nitrogen and oxygen atoms in total. The highest BCUT2D eigenvalue weighted by Gasteiger charge is 2.22. The second-order valence-corrected chi connectivity index (χ2v) is 5.79. The van der Waals surface area contributed by atoms with Crippen LogP contribution in [-0.4, -0.2) is 28.8 Å². The van der Waals surface area contributed by atoms with E-state index < -0.39 is 28.9 Å². The molecule has 0 spiro atoms. The maximum atomic E-state index is 13.5. The number of aromatic hydroxyl groups is 1. The quantitative estimate of drug-likeness (QED) is 0.732. The van der Waals surface area contributed by atoms with Gasteiger partial charge in [-0.3, -0.25) is 4.79 Å². The van der Waals surface area contributed by atoms with Gasteiger partial charge in [0.2, 0.25) is 0 Å². The number of hydrogen-bond acceptors (Lipinski definition) is 3. The molecule has 0 radical (unpaired) electrons. The Balaban J connectivity index is 1.81. The van der Waals surface area contributed by atoms with Crippen molar-refractivity contribution in [2.75, 3.05) is 6.54 Å². The van der Waals surface area contributed by atoms with Crippen LogP contribution in [0.1, 0.15) is 48.9 Å². The van der Waals surface area contributed by atoms with Crippen molar-refractivity contribution in [3.8, 4) is 5.75 Å². The van der Waals surface area contributed by atoms with Crippen molar-refractivity contribution < 1.29 is 23.8 Å². The number of amides is 1. The number of halogens is 2. The van der Waals surface area contributed by atoms with Crippen LogP contribution in [0, 0.1) is 17.6 Å². The smallest absolute Gasteiger partial charge is 0.258 e. The van der Waals surface area contributed by atoms with Crippen LogP contribution in [0.25, 0.3) is 0 Å². The zero-order valence-corrected chi connectivity index (χ0v) is 12.3. The molecular weight excluding hydrogens is 292 g/mol. The number of aliphatic hydroxyl groups excluding tert-OH is 1. The van der Waals surface area contributed by atoms with Crippen LogP contribution in [0.3, 0.4) is 0 Å². The van der Waals surface area contributed by atoms with Crippen LogP contribution in [0.15, 0.2) is 12.1 Å². The van der Waals surface area contributed by atoms with Crippen LogP contribution in [-0.2, 0) is 0 Å². The summed E-state index contributed by atoms with van der Waals surface area (Å²) in [5.74, 6) is -3.24. The van der Waals surface area contributed by atoms with Gasteiger partial charge in [-0.1, -0.05) is 12.8 Å². The molecule has 22 heavy (non-hydrogen) atoms. The van der Waals surface area contributed by atoms with Crippen molar-refractivity contribution in [3.05, 3.63) is 29.3 Å². The van der Waals surface area contributed by atoms with Crippen molar-refractivity contribution in [2.45, 2.75) is 44.6 Å². The van der Waals surface area contributed by atoms with Gasteiger partial charge in [0, 0.05) is 18.7 Å². The molecule has 2 rings (SSSR count). The molecule has 2 unspecified atom stereocenters. The number of phenols is 1. The van der Waals surface area contributed by atoms with E-state index in [1.807, 2.05) is 0 Å². The Hall–Kier alpha value is -1.69. The van der Waals surface area contributed by atoms with Crippen molar-refractivity contribution >= 4 is 5.91 Å². The minimum atomic E-state index is -1.09. The Labute approximate surface area is 128 Å². The average molecular weight is 313 g/mol. The molecule has 0 bridgehead atoms. The van der Waals surface area contributed by atoms with Gasteiger partial charge in [0.1, 0.15) is 22.9 Å². The van der Waals surface area contributed by atoms with Gasteiger partial charge in [-0.25, -0.2) is 8.78 Å². The summed E-state index contributed by atoms with van der Waals surface area (Å²) in [5, 5.41) is 21.8. The number of phenolic OH excluding ortho intramolecular Hbond substituents is 1. The van der Waals surface area contributed by atoms with Crippen molar-refractivity contribution in [3.63, 3.8) is 0 Å². The van der Waals surface area contributed by atoms with Gasteiger partial charge in [-0.15, -0.1) is 0 Å². The summed E-state index contributed by atoms with van der Waals surface area (Å²) in [6.07, 6.45) is 5.16. The van der Waals surface area contributed by atoms with E-state index in [0.29, 0.717) is 25.1 Å². The highest BCUT2D eigenvalue weighted by molar-refractivity contribution is 5.97. The number of hydrogen-bond donors (Lipinski definition) is 3. The molecule has 1 saturated carbocycles. The maximum Gasteiger partial charge on any atom is 0.258 e. The number of aliphatic hydroxyl groups is 1. The highest BCUT2D eigenvalue weighted by Crippen LogP contribution is 2.27. The molecule has 2 atom stereocenters. The van der Waals surface area contributed by atoms with Crippen molar-refractivity contribution in [1.29, 1.82) is 0 Å². The number of benzene rings is 1. The van der Waals surface area contributed by atoms with Gasteiger partial charge in [-0.2, -0.15) is 0 Å². The van der Waals surface area contributed by atoms with Crippen molar-refractivity contribution in [1.82, 2.24) is 5.32 Å². The fourth-order valence-electron chi connectivity index (χ4n) is 2.96. The third-order valence-electron chi connectivity index (χ3n) is 4.17. The number of nitrogens with one attached hydrogen (secondary N) is 1. The zero-order chi connectivity index (χ0) is 16.1. The standard InChI is InChI=1S/C16H21F2NO3/c17-11-8-12(18)15(14(21)9-11)16(22)19-7-3-5-10-4-1-2-6-13(10)20/h8-10,13,20-21H,1-7H2,(H,19,22). The van der Waals surface area contributed by atoms with E-state index in [-0.39, 0.29) is 12.0 Å². The Bertz CT molecular complexity index is 513. The zero-order valence-electron chi connectivity index (χ0n) is 12.3.